The summed E-state index contributed by atoms with van der Waals surface area (Å²) in [6, 6.07) is 14.2. The lowest BCUT2D eigenvalue weighted by Gasteiger charge is -2.15. The quantitative estimate of drug-likeness (QED) is 0.801. The summed E-state index contributed by atoms with van der Waals surface area (Å²) in [6.07, 6.45) is -0.412. The summed E-state index contributed by atoms with van der Waals surface area (Å²) >= 11 is 0. The molecule has 2 N–H and O–H groups in total. The van der Waals surface area contributed by atoms with Crippen molar-refractivity contribution in [3.63, 3.8) is 0 Å². The Kier molecular flexibility index (Phi) is 5.32. The number of Topliss-reactive ketones (excluding diaryl/α,β-unsaturated/α-hetero) is 2. The zero-order valence-corrected chi connectivity index (χ0v) is 14.1. The molecule has 1 atom stereocenters. The molecule has 0 aliphatic rings. The molecule has 0 aliphatic carbocycles. The fourth-order valence-corrected chi connectivity index (χ4v) is 2.44. The average molecular weight is 326 g/mol. The number of carbonyl (C=O) groups excluding carboxylic acids is 2. The third-order valence-electron chi connectivity index (χ3n) is 3.77. The average Bonchev–Trinajstić information content (AvgIpc) is 2.53. The van der Waals surface area contributed by atoms with Gasteiger partial charge in [-0.3, -0.25) is 9.59 Å². The number of ketones is 2. The highest BCUT2D eigenvalue weighted by Gasteiger charge is 2.24. The maximum atomic E-state index is 12.0. The van der Waals surface area contributed by atoms with Gasteiger partial charge in [-0.15, -0.1) is 0 Å². The molecule has 0 spiro atoms. The molecule has 0 aromatic heterocycles. The van der Waals surface area contributed by atoms with E-state index in [1.54, 1.807) is 30.3 Å². The molecule has 0 heterocycles. The Labute approximate surface area is 141 Å². The number of rotatable bonds is 6. The van der Waals surface area contributed by atoms with Crippen LogP contribution in [0.15, 0.2) is 48.5 Å². The van der Waals surface area contributed by atoms with Crippen LogP contribution in [0.1, 0.15) is 52.6 Å². The summed E-state index contributed by atoms with van der Waals surface area (Å²) in [5, 5.41) is 19.2. The van der Waals surface area contributed by atoms with Gasteiger partial charge < -0.3 is 10.2 Å². The first-order valence-electron chi connectivity index (χ1n) is 7.86. The van der Waals surface area contributed by atoms with Crippen molar-refractivity contribution in [1.29, 1.82) is 0 Å². The van der Waals surface area contributed by atoms with Gasteiger partial charge in [0.2, 0.25) is 0 Å². The van der Waals surface area contributed by atoms with Gasteiger partial charge in [0.15, 0.2) is 11.6 Å². The Morgan fingerprint density at radius 3 is 2.17 bits per heavy atom. The molecule has 2 rings (SSSR count). The molecule has 4 heteroatoms. The molecule has 0 bridgehead atoms. The number of aliphatic hydroxyl groups is 2. The number of hydrogen-bond donors (Lipinski definition) is 2. The van der Waals surface area contributed by atoms with E-state index in [0.29, 0.717) is 17.5 Å². The highest BCUT2D eigenvalue weighted by Crippen LogP contribution is 2.17. The van der Waals surface area contributed by atoms with Crippen molar-refractivity contribution in [2.45, 2.75) is 38.9 Å². The summed E-state index contributed by atoms with van der Waals surface area (Å²) in [6.45, 7) is 4.38. The lowest BCUT2D eigenvalue weighted by atomic mass is 9.94. The first-order chi connectivity index (χ1) is 11.2. The topological polar surface area (TPSA) is 74.6 Å². The van der Waals surface area contributed by atoms with Gasteiger partial charge in [0, 0.05) is 11.1 Å². The van der Waals surface area contributed by atoms with Crippen LogP contribution in [0.4, 0.5) is 0 Å². The molecular formula is C20H22O4. The van der Waals surface area contributed by atoms with Gasteiger partial charge in [0.25, 0.3) is 0 Å². The monoisotopic (exact) mass is 326 g/mol. The molecule has 126 valence electrons. The van der Waals surface area contributed by atoms with Crippen molar-refractivity contribution < 1.29 is 19.8 Å². The molecule has 0 fully saturated rings. The fourth-order valence-electron chi connectivity index (χ4n) is 2.44. The third-order valence-corrected chi connectivity index (χ3v) is 3.77. The van der Waals surface area contributed by atoms with Crippen LogP contribution in [-0.2, 0) is 6.42 Å². The van der Waals surface area contributed by atoms with Crippen LogP contribution in [-0.4, -0.2) is 33.5 Å². The van der Waals surface area contributed by atoms with Crippen molar-refractivity contribution in [2.24, 2.45) is 0 Å². The lowest BCUT2D eigenvalue weighted by Crippen LogP contribution is -2.31. The Morgan fingerprint density at radius 2 is 1.62 bits per heavy atom. The fraction of sp³-hybridized carbons (Fsp3) is 0.300. The summed E-state index contributed by atoms with van der Waals surface area (Å²) in [7, 11) is 0. The number of carbonyl (C=O) groups is 2. The van der Waals surface area contributed by atoms with E-state index in [1.807, 2.05) is 18.2 Å². The lowest BCUT2D eigenvalue weighted by molar-refractivity contribution is 0.0488. The molecule has 24 heavy (non-hydrogen) atoms. The Bertz CT molecular complexity index is 737. The van der Waals surface area contributed by atoms with E-state index < -0.39 is 11.7 Å². The van der Waals surface area contributed by atoms with Crippen LogP contribution in [0.5, 0.6) is 0 Å². The van der Waals surface area contributed by atoms with Crippen molar-refractivity contribution >= 4 is 11.6 Å². The Balaban J connectivity index is 2.16. The molecule has 2 aromatic carbocycles. The van der Waals surface area contributed by atoms with Gasteiger partial charge in [-0.1, -0.05) is 42.5 Å². The smallest absolute Gasteiger partial charge is 0.193 e. The van der Waals surface area contributed by atoms with Gasteiger partial charge >= 0.3 is 0 Å². The normalized spacial score (nSPS) is 12.7. The number of hydrogen-bond acceptors (Lipinski definition) is 4. The van der Waals surface area contributed by atoms with Gasteiger partial charge in [0.05, 0.1) is 0 Å². The second-order valence-corrected chi connectivity index (χ2v) is 6.50. The first kappa shape index (κ1) is 18.0. The van der Waals surface area contributed by atoms with E-state index >= 15 is 0 Å². The van der Waals surface area contributed by atoms with Crippen molar-refractivity contribution in [1.82, 2.24) is 0 Å². The molecule has 0 radical (unpaired) electrons. The van der Waals surface area contributed by atoms with Crippen LogP contribution in [0.3, 0.4) is 0 Å². The van der Waals surface area contributed by atoms with E-state index in [1.165, 1.54) is 20.8 Å². The minimum atomic E-state index is -1.39. The van der Waals surface area contributed by atoms with Crippen LogP contribution < -0.4 is 0 Å². The van der Waals surface area contributed by atoms with E-state index in [2.05, 4.69) is 0 Å². The van der Waals surface area contributed by atoms with Crippen molar-refractivity contribution in [3.05, 3.63) is 70.8 Å². The molecular weight excluding hydrogens is 304 g/mol. The maximum absolute atomic E-state index is 12.0. The SMILES string of the molecule is CC(O)C(=O)c1cccc(Cc2ccc(C(=O)C(C)(C)O)cc2)c1. The Hall–Kier alpha value is -2.30. The predicted octanol–water partition coefficient (Wildman–Crippen LogP) is 2.79. The molecule has 2 aromatic rings. The van der Waals surface area contributed by atoms with Gasteiger partial charge in [-0.05, 0) is 44.4 Å². The maximum Gasteiger partial charge on any atom is 0.193 e. The van der Waals surface area contributed by atoms with Crippen LogP contribution in [0, 0.1) is 0 Å². The molecule has 0 aliphatic heterocycles. The molecule has 0 saturated carbocycles. The minimum Gasteiger partial charge on any atom is -0.385 e. The zero-order chi connectivity index (χ0) is 17.9. The minimum absolute atomic E-state index is 0.303. The van der Waals surface area contributed by atoms with Gasteiger partial charge in [-0.2, -0.15) is 0 Å². The predicted molar refractivity (Wildman–Crippen MR) is 92.3 cm³/mol. The van der Waals surface area contributed by atoms with E-state index in [0.717, 1.165) is 11.1 Å². The highest BCUT2D eigenvalue weighted by atomic mass is 16.3. The standard InChI is InChI=1S/C20H22O4/c1-13(21)18(22)17-6-4-5-15(12-17)11-14-7-9-16(10-8-14)19(23)20(2,3)24/h4-10,12-13,21,24H,11H2,1-3H3. The van der Waals surface area contributed by atoms with Crippen molar-refractivity contribution in [2.75, 3.05) is 0 Å². The third kappa shape index (κ3) is 4.37. The van der Waals surface area contributed by atoms with E-state index in [9.17, 15) is 19.8 Å². The summed E-state index contributed by atoms with van der Waals surface area (Å²) in [5.41, 5.74) is 1.49. The second-order valence-electron chi connectivity index (χ2n) is 6.50. The molecule has 1 unspecified atom stereocenters. The summed E-state index contributed by atoms with van der Waals surface area (Å²) in [5.74, 6) is -0.624. The molecule has 0 amide bonds. The highest BCUT2D eigenvalue weighted by molar-refractivity contribution is 6.01. The molecule has 4 nitrogen and oxygen atoms in total. The van der Waals surface area contributed by atoms with Crippen LogP contribution in [0.2, 0.25) is 0 Å². The van der Waals surface area contributed by atoms with Crippen LogP contribution in [0.25, 0.3) is 0 Å². The van der Waals surface area contributed by atoms with Gasteiger partial charge in [0.1, 0.15) is 11.7 Å². The zero-order valence-electron chi connectivity index (χ0n) is 14.1. The Morgan fingerprint density at radius 1 is 1.00 bits per heavy atom. The largest absolute Gasteiger partial charge is 0.385 e. The summed E-state index contributed by atoms with van der Waals surface area (Å²) in [4.78, 5) is 23.9. The summed E-state index contributed by atoms with van der Waals surface area (Å²) < 4.78 is 0. The van der Waals surface area contributed by atoms with E-state index in [4.69, 9.17) is 0 Å². The number of benzene rings is 2. The first-order valence-corrected chi connectivity index (χ1v) is 7.86. The van der Waals surface area contributed by atoms with E-state index in [-0.39, 0.29) is 11.6 Å². The number of aliphatic hydroxyl groups excluding tert-OH is 1. The molecule has 0 saturated heterocycles. The van der Waals surface area contributed by atoms with Gasteiger partial charge in [-0.25, -0.2) is 0 Å². The van der Waals surface area contributed by atoms with Crippen molar-refractivity contribution in [3.8, 4) is 0 Å². The van der Waals surface area contributed by atoms with Crippen LogP contribution >= 0.6 is 0 Å². The second kappa shape index (κ2) is 7.07.